The quantitative estimate of drug-likeness (QED) is 0.870. The number of hydrogen-bond donors (Lipinski definition) is 1. The van der Waals surface area contributed by atoms with Crippen LogP contribution in [0.5, 0.6) is 0 Å². The van der Waals surface area contributed by atoms with Gasteiger partial charge in [-0.2, -0.15) is 0 Å². The van der Waals surface area contributed by atoms with Gasteiger partial charge in [-0.3, -0.25) is 0 Å². The zero-order valence-corrected chi connectivity index (χ0v) is 10.6. The van der Waals surface area contributed by atoms with Crippen molar-refractivity contribution in [3.63, 3.8) is 0 Å². The van der Waals surface area contributed by atoms with Gasteiger partial charge < -0.3 is 14.4 Å². The number of nitrogens with zero attached hydrogens (tertiary/aromatic N) is 2. The van der Waals surface area contributed by atoms with E-state index in [9.17, 15) is 9.18 Å². The highest BCUT2D eigenvalue weighted by atomic mass is 19.1. The molecule has 102 valence electrons. The first-order valence-electron chi connectivity index (χ1n) is 6.06. The summed E-state index contributed by atoms with van der Waals surface area (Å²) in [5.74, 6) is -0.726. The Bertz CT molecular complexity index is 595. The first-order valence-corrected chi connectivity index (χ1v) is 6.06. The summed E-state index contributed by atoms with van der Waals surface area (Å²) in [4.78, 5) is 14.8. The van der Waals surface area contributed by atoms with Gasteiger partial charge in [0.2, 0.25) is 0 Å². The topological polar surface area (TPSA) is 64.3 Å². The standard InChI is InChI=1S/C13H15FN2O3/c1-2-5-16-11-6-9(14)3-4-10(11)15-12(16)7-19-8-13(17)18/h3-4,6H,2,5,7-8H2,1H3,(H,17,18). The maximum atomic E-state index is 13.3. The molecule has 0 spiro atoms. The van der Waals surface area contributed by atoms with Crippen LogP contribution in [0.25, 0.3) is 11.0 Å². The number of halogens is 1. The summed E-state index contributed by atoms with van der Waals surface area (Å²) in [6.07, 6.45) is 0.869. The van der Waals surface area contributed by atoms with Crippen LogP contribution in [0.1, 0.15) is 19.2 Å². The molecule has 1 heterocycles. The number of imidazole rings is 1. The number of aromatic nitrogens is 2. The molecule has 2 rings (SSSR count). The minimum atomic E-state index is -1.02. The number of carbonyl (C=O) groups is 1. The van der Waals surface area contributed by atoms with Gasteiger partial charge in [-0.05, 0) is 24.6 Å². The molecule has 0 radical (unpaired) electrons. The molecule has 0 fully saturated rings. The van der Waals surface area contributed by atoms with Crippen molar-refractivity contribution in [2.24, 2.45) is 0 Å². The van der Waals surface area contributed by atoms with Crippen molar-refractivity contribution < 1.29 is 19.0 Å². The van der Waals surface area contributed by atoms with E-state index >= 15 is 0 Å². The Hall–Kier alpha value is -1.95. The smallest absolute Gasteiger partial charge is 0.329 e. The Balaban J connectivity index is 2.30. The molecule has 0 bridgehead atoms. The molecule has 1 aromatic carbocycles. The highest BCUT2D eigenvalue weighted by Gasteiger charge is 2.11. The number of fused-ring (bicyclic) bond motifs is 1. The van der Waals surface area contributed by atoms with E-state index in [0.717, 1.165) is 6.42 Å². The van der Waals surface area contributed by atoms with Crippen LogP contribution in [0.2, 0.25) is 0 Å². The second kappa shape index (κ2) is 5.79. The molecule has 0 saturated heterocycles. The molecule has 0 unspecified atom stereocenters. The van der Waals surface area contributed by atoms with Crippen LogP contribution in [-0.2, 0) is 22.7 Å². The Kier molecular flexibility index (Phi) is 4.11. The van der Waals surface area contributed by atoms with Crippen molar-refractivity contribution in [1.82, 2.24) is 9.55 Å². The lowest BCUT2D eigenvalue weighted by Crippen LogP contribution is -2.10. The van der Waals surface area contributed by atoms with E-state index in [1.165, 1.54) is 12.1 Å². The summed E-state index contributed by atoms with van der Waals surface area (Å²) >= 11 is 0. The third-order valence-corrected chi connectivity index (χ3v) is 2.69. The van der Waals surface area contributed by atoms with Gasteiger partial charge >= 0.3 is 5.97 Å². The number of carboxylic acid groups (broad SMARTS) is 1. The summed E-state index contributed by atoms with van der Waals surface area (Å²) in [5, 5.41) is 8.54. The van der Waals surface area contributed by atoms with Gasteiger partial charge in [0.15, 0.2) is 0 Å². The molecular formula is C13H15FN2O3. The van der Waals surface area contributed by atoms with E-state index in [2.05, 4.69) is 4.98 Å². The van der Waals surface area contributed by atoms with Gasteiger partial charge in [0.1, 0.15) is 24.9 Å². The van der Waals surface area contributed by atoms with Gasteiger partial charge in [0.25, 0.3) is 0 Å². The average Bonchev–Trinajstić information content (AvgIpc) is 2.68. The van der Waals surface area contributed by atoms with Gasteiger partial charge in [0, 0.05) is 6.54 Å². The third kappa shape index (κ3) is 3.08. The van der Waals surface area contributed by atoms with Gasteiger partial charge in [-0.25, -0.2) is 14.2 Å². The molecule has 1 N–H and O–H groups in total. The van der Waals surface area contributed by atoms with Crippen molar-refractivity contribution in [2.75, 3.05) is 6.61 Å². The molecule has 5 nitrogen and oxygen atoms in total. The summed E-state index contributed by atoms with van der Waals surface area (Å²) < 4.78 is 20.2. The highest BCUT2D eigenvalue weighted by Crippen LogP contribution is 2.18. The van der Waals surface area contributed by atoms with Gasteiger partial charge in [-0.15, -0.1) is 0 Å². The lowest BCUT2D eigenvalue weighted by Gasteiger charge is -2.07. The van der Waals surface area contributed by atoms with Crippen LogP contribution in [0.4, 0.5) is 4.39 Å². The molecule has 0 aliphatic heterocycles. The Morgan fingerprint density at radius 1 is 1.53 bits per heavy atom. The SMILES string of the molecule is CCCn1c(COCC(=O)O)nc2ccc(F)cc21. The van der Waals surface area contributed by atoms with Crippen LogP contribution >= 0.6 is 0 Å². The van der Waals surface area contributed by atoms with Crippen LogP contribution in [-0.4, -0.2) is 27.2 Å². The summed E-state index contributed by atoms with van der Waals surface area (Å²) in [6.45, 7) is 2.42. The molecule has 0 atom stereocenters. The van der Waals surface area contributed by atoms with Crippen molar-refractivity contribution in [3.8, 4) is 0 Å². The van der Waals surface area contributed by atoms with E-state index < -0.39 is 5.97 Å². The van der Waals surface area contributed by atoms with Crippen molar-refractivity contribution in [3.05, 3.63) is 29.8 Å². The summed E-state index contributed by atoms with van der Waals surface area (Å²) in [5.41, 5.74) is 1.39. The predicted octanol–water partition coefficient (Wildman–Crippen LogP) is 2.19. The molecule has 19 heavy (non-hydrogen) atoms. The molecule has 6 heteroatoms. The molecule has 0 aliphatic rings. The lowest BCUT2D eigenvalue weighted by molar-refractivity contribution is -0.142. The second-order valence-corrected chi connectivity index (χ2v) is 4.20. The zero-order chi connectivity index (χ0) is 13.8. The van der Waals surface area contributed by atoms with E-state index in [-0.39, 0.29) is 19.0 Å². The second-order valence-electron chi connectivity index (χ2n) is 4.20. The first kappa shape index (κ1) is 13.5. The Labute approximate surface area is 109 Å². The third-order valence-electron chi connectivity index (χ3n) is 2.69. The van der Waals surface area contributed by atoms with E-state index in [4.69, 9.17) is 9.84 Å². The summed E-state index contributed by atoms with van der Waals surface area (Å²) in [6, 6.07) is 4.39. The molecule has 1 aromatic heterocycles. The fraction of sp³-hybridized carbons (Fsp3) is 0.385. The number of ether oxygens (including phenoxy) is 1. The number of carboxylic acids is 1. The van der Waals surface area contributed by atoms with Gasteiger partial charge in [-0.1, -0.05) is 6.92 Å². The largest absolute Gasteiger partial charge is 0.480 e. The maximum absolute atomic E-state index is 13.3. The highest BCUT2D eigenvalue weighted by molar-refractivity contribution is 5.76. The predicted molar refractivity (Wildman–Crippen MR) is 67.3 cm³/mol. The monoisotopic (exact) mass is 266 g/mol. The first-order chi connectivity index (χ1) is 9.11. The van der Waals surface area contributed by atoms with Crippen molar-refractivity contribution >= 4 is 17.0 Å². The summed E-state index contributed by atoms with van der Waals surface area (Å²) in [7, 11) is 0. The average molecular weight is 266 g/mol. The van der Waals surface area contributed by atoms with Crippen LogP contribution < -0.4 is 0 Å². The number of hydrogen-bond acceptors (Lipinski definition) is 3. The van der Waals surface area contributed by atoms with Crippen LogP contribution in [0.15, 0.2) is 18.2 Å². The van der Waals surface area contributed by atoms with E-state index in [0.29, 0.717) is 23.4 Å². The normalized spacial score (nSPS) is 11.1. The van der Waals surface area contributed by atoms with Crippen LogP contribution in [0.3, 0.4) is 0 Å². The molecule has 0 aliphatic carbocycles. The van der Waals surface area contributed by atoms with Crippen molar-refractivity contribution in [2.45, 2.75) is 26.5 Å². The van der Waals surface area contributed by atoms with E-state index in [1.807, 2.05) is 11.5 Å². The number of aryl methyl sites for hydroxylation is 1. The number of benzene rings is 1. The fourth-order valence-corrected chi connectivity index (χ4v) is 1.96. The Morgan fingerprint density at radius 3 is 3.00 bits per heavy atom. The fourth-order valence-electron chi connectivity index (χ4n) is 1.96. The number of rotatable bonds is 6. The minimum absolute atomic E-state index is 0.0998. The minimum Gasteiger partial charge on any atom is -0.480 e. The Morgan fingerprint density at radius 2 is 2.32 bits per heavy atom. The maximum Gasteiger partial charge on any atom is 0.329 e. The zero-order valence-electron chi connectivity index (χ0n) is 10.6. The van der Waals surface area contributed by atoms with E-state index in [1.54, 1.807) is 6.07 Å². The lowest BCUT2D eigenvalue weighted by atomic mass is 10.3. The molecular weight excluding hydrogens is 251 g/mol. The number of aliphatic carboxylic acids is 1. The molecule has 0 saturated carbocycles. The van der Waals surface area contributed by atoms with Gasteiger partial charge in [0.05, 0.1) is 11.0 Å². The van der Waals surface area contributed by atoms with Crippen LogP contribution in [0, 0.1) is 5.82 Å². The van der Waals surface area contributed by atoms with Crippen molar-refractivity contribution in [1.29, 1.82) is 0 Å². The molecule has 0 amide bonds. The molecule has 2 aromatic rings.